The Morgan fingerprint density at radius 2 is 1.61 bits per heavy atom. The van der Waals surface area contributed by atoms with Crippen molar-refractivity contribution in [3.05, 3.63) is 71.4 Å². The van der Waals surface area contributed by atoms with Gasteiger partial charge in [0.1, 0.15) is 5.82 Å². The van der Waals surface area contributed by atoms with Crippen molar-refractivity contribution in [3.8, 4) is 17.1 Å². The van der Waals surface area contributed by atoms with Gasteiger partial charge < -0.3 is 5.32 Å². The minimum absolute atomic E-state index is 0.122. The highest BCUT2D eigenvalue weighted by atomic mass is 32.2. The van der Waals surface area contributed by atoms with Gasteiger partial charge in [-0.25, -0.2) is 0 Å². The van der Waals surface area contributed by atoms with Gasteiger partial charge in [-0.2, -0.15) is 5.10 Å². The molecule has 31 heavy (non-hydrogen) atoms. The van der Waals surface area contributed by atoms with Crippen molar-refractivity contribution in [2.75, 3.05) is 11.1 Å². The van der Waals surface area contributed by atoms with Crippen molar-refractivity contribution in [1.29, 1.82) is 0 Å². The molecule has 0 saturated heterocycles. The second-order valence-electron chi connectivity index (χ2n) is 7.47. The van der Waals surface area contributed by atoms with Gasteiger partial charge in [0.2, 0.25) is 5.91 Å². The second-order valence-corrected chi connectivity index (χ2v) is 8.42. The van der Waals surface area contributed by atoms with E-state index < -0.39 is 0 Å². The molecule has 0 atom stereocenters. The number of thioether (sulfide) groups is 1. The van der Waals surface area contributed by atoms with Crippen LogP contribution in [0.15, 0.2) is 59.8 Å². The van der Waals surface area contributed by atoms with Gasteiger partial charge in [0.15, 0.2) is 11.0 Å². The molecule has 4 aromatic rings. The molecule has 1 amide bonds. The fraction of sp³-hybridized carbons (Fsp3) is 0.217. The summed E-state index contributed by atoms with van der Waals surface area (Å²) in [6.07, 6.45) is 0. The number of carbonyl (C=O) groups excluding carboxylic acids is 1. The van der Waals surface area contributed by atoms with Gasteiger partial charge in [0.05, 0.1) is 11.4 Å². The van der Waals surface area contributed by atoms with Crippen LogP contribution >= 0.6 is 11.8 Å². The highest BCUT2D eigenvalue weighted by Crippen LogP contribution is 2.28. The molecule has 0 aliphatic carbocycles. The lowest BCUT2D eigenvalue weighted by atomic mass is 10.1. The Labute approximate surface area is 185 Å². The lowest BCUT2D eigenvalue weighted by molar-refractivity contribution is -0.113. The van der Waals surface area contributed by atoms with Crippen LogP contribution in [-0.4, -0.2) is 36.2 Å². The molecule has 4 rings (SSSR count). The first-order valence-corrected chi connectivity index (χ1v) is 10.9. The fourth-order valence-corrected chi connectivity index (χ4v) is 3.97. The van der Waals surface area contributed by atoms with E-state index in [2.05, 4.69) is 58.7 Å². The molecule has 0 spiro atoms. The van der Waals surface area contributed by atoms with E-state index in [4.69, 9.17) is 0 Å². The lowest BCUT2D eigenvalue weighted by Crippen LogP contribution is -2.16. The lowest BCUT2D eigenvalue weighted by Gasteiger charge is -2.11. The average Bonchev–Trinajstić information content (AvgIpc) is 3.30. The predicted octanol–water partition coefficient (Wildman–Crippen LogP) is 4.32. The molecule has 2 aromatic carbocycles. The third-order valence-electron chi connectivity index (χ3n) is 4.84. The molecule has 0 unspecified atom stereocenters. The van der Waals surface area contributed by atoms with Crippen LogP contribution in [0.3, 0.4) is 0 Å². The minimum atomic E-state index is -0.122. The van der Waals surface area contributed by atoms with Crippen molar-refractivity contribution < 1.29 is 4.79 Å². The molecule has 0 fully saturated rings. The van der Waals surface area contributed by atoms with E-state index in [-0.39, 0.29) is 11.7 Å². The number of anilines is 1. The number of rotatable bonds is 6. The highest BCUT2D eigenvalue weighted by molar-refractivity contribution is 7.99. The number of benzene rings is 2. The molecule has 0 aliphatic rings. The molecule has 0 aliphatic heterocycles. The minimum Gasteiger partial charge on any atom is -0.310 e. The van der Waals surface area contributed by atoms with Gasteiger partial charge in [-0.15, -0.1) is 10.2 Å². The number of hydrogen-bond donors (Lipinski definition) is 1. The normalized spacial score (nSPS) is 11.0. The first-order valence-electron chi connectivity index (χ1n) is 9.93. The maximum atomic E-state index is 12.5. The summed E-state index contributed by atoms with van der Waals surface area (Å²) in [5.74, 6) is 1.50. The van der Waals surface area contributed by atoms with Gasteiger partial charge in [-0.1, -0.05) is 59.3 Å². The summed E-state index contributed by atoms with van der Waals surface area (Å²) in [6, 6.07) is 18.2. The molecule has 1 N–H and O–H groups in total. The number of hydrogen-bond acceptors (Lipinski definition) is 5. The zero-order chi connectivity index (χ0) is 22.0. The molecule has 2 aromatic heterocycles. The van der Waals surface area contributed by atoms with E-state index in [1.54, 1.807) is 11.7 Å². The number of carbonyl (C=O) groups is 1. The van der Waals surface area contributed by atoms with Crippen molar-refractivity contribution in [2.24, 2.45) is 7.05 Å². The molecule has 0 radical (unpaired) electrons. The summed E-state index contributed by atoms with van der Waals surface area (Å²) < 4.78 is 3.65. The summed E-state index contributed by atoms with van der Waals surface area (Å²) in [4.78, 5) is 12.5. The Morgan fingerprint density at radius 3 is 2.23 bits per heavy atom. The summed E-state index contributed by atoms with van der Waals surface area (Å²) >= 11 is 1.35. The van der Waals surface area contributed by atoms with E-state index in [1.807, 2.05) is 41.8 Å². The zero-order valence-electron chi connectivity index (χ0n) is 18.0. The third kappa shape index (κ3) is 4.69. The number of aryl methyl sites for hydroxylation is 4. The molecular weight excluding hydrogens is 408 g/mol. The van der Waals surface area contributed by atoms with Crippen LogP contribution in [0.25, 0.3) is 17.1 Å². The number of aromatic nitrogens is 5. The second kappa shape index (κ2) is 8.77. The van der Waals surface area contributed by atoms with Crippen molar-refractivity contribution >= 4 is 23.5 Å². The number of nitrogens with zero attached hydrogens (tertiary/aromatic N) is 5. The predicted molar refractivity (Wildman–Crippen MR) is 124 cm³/mol. The largest absolute Gasteiger partial charge is 0.310 e. The van der Waals surface area contributed by atoms with E-state index >= 15 is 0 Å². The smallest absolute Gasteiger partial charge is 0.235 e. The monoisotopic (exact) mass is 432 g/mol. The van der Waals surface area contributed by atoms with Crippen LogP contribution in [0.2, 0.25) is 0 Å². The summed E-state index contributed by atoms with van der Waals surface area (Å²) in [7, 11) is 1.80. The first-order chi connectivity index (χ1) is 14.9. The summed E-state index contributed by atoms with van der Waals surface area (Å²) in [6.45, 7) is 6.00. The number of nitrogens with one attached hydrogen (secondary N) is 1. The molecule has 2 heterocycles. The zero-order valence-corrected chi connectivity index (χ0v) is 18.8. The highest BCUT2D eigenvalue weighted by Gasteiger charge is 2.18. The van der Waals surface area contributed by atoms with Crippen LogP contribution in [0.4, 0.5) is 5.82 Å². The molecule has 7 nitrogen and oxygen atoms in total. The van der Waals surface area contributed by atoms with Crippen molar-refractivity contribution in [1.82, 2.24) is 24.5 Å². The Bertz CT molecular complexity index is 1210. The van der Waals surface area contributed by atoms with E-state index in [9.17, 15) is 4.79 Å². The standard InChI is InChI=1S/C23H24N6OS/c1-15-5-9-18(10-6-15)22-25-26-23(29(22)19-11-7-16(2)8-12-19)31-14-21(30)24-20-13-17(3)27-28(20)4/h5-13H,14H2,1-4H3,(H,24,30). The maximum absolute atomic E-state index is 12.5. The van der Waals surface area contributed by atoms with E-state index in [0.29, 0.717) is 11.0 Å². The molecular formula is C23H24N6OS. The van der Waals surface area contributed by atoms with Gasteiger partial charge >= 0.3 is 0 Å². The molecule has 8 heteroatoms. The van der Waals surface area contributed by atoms with Crippen molar-refractivity contribution in [3.63, 3.8) is 0 Å². The average molecular weight is 433 g/mol. The molecule has 0 saturated carbocycles. The summed E-state index contributed by atoms with van der Waals surface area (Å²) in [5.41, 5.74) is 5.14. The van der Waals surface area contributed by atoms with Gasteiger partial charge in [0, 0.05) is 24.4 Å². The van der Waals surface area contributed by atoms with E-state index in [0.717, 1.165) is 22.8 Å². The quantitative estimate of drug-likeness (QED) is 0.459. The molecule has 0 bridgehead atoms. The van der Waals surface area contributed by atoms with Gasteiger partial charge in [-0.3, -0.25) is 14.0 Å². The van der Waals surface area contributed by atoms with Crippen LogP contribution in [0, 0.1) is 20.8 Å². The van der Waals surface area contributed by atoms with Gasteiger partial charge in [0.25, 0.3) is 0 Å². The Balaban J connectivity index is 1.61. The first kappa shape index (κ1) is 20.9. The van der Waals surface area contributed by atoms with Crippen LogP contribution in [0.1, 0.15) is 16.8 Å². The Hall–Kier alpha value is -3.39. The van der Waals surface area contributed by atoms with Gasteiger partial charge in [-0.05, 0) is 32.9 Å². The fourth-order valence-electron chi connectivity index (χ4n) is 3.22. The van der Waals surface area contributed by atoms with Crippen LogP contribution in [0.5, 0.6) is 0 Å². The van der Waals surface area contributed by atoms with Crippen LogP contribution < -0.4 is 5.32 Å². The summed E-state index contributed by atoms with van der Waals surface area (Å²) in [5, 5.41) is 16.6. The molecule has 158 valence electrons. The Kier molecular flexibility index (Phi) is 5.90. The third-order valence-corrected chi connectivity index (χ3v) is 5.77. The van der Waals surface area contributed by atoms with Crippen LogP contribution in [-0.2, 0) is 11.8 Å². The topological polar surface area (TPSA) is 77.6 Å². The van der Waals surface area contributed by atoms with E-state index in [1.165, 1.54) is 22.9 Å². The number of amides is 1. The SMILES string of the molecule is Cc1ccc(-c2nnc(SCC(=O)Nc3cc(C)nn3C)n2-c2ccc(C)cc2)cc1. The Morgan fingerprint density at radius 1 is 0.968 bits per heavy atom. The maximum Gasteiger partial charge on any atom is 0.235 e. The van der Waals surface area contributed by atoms with Crippen molar-refractivity contribution in [2.45, 2.75) is 25.9 Å².